The number of hydrogen-bond donors (Lipinski definition) is 9. The molecule has 15 nitrogen and oxygen atoms in total. The SMILES string of the molecule is C=C(C)C(=O)O.C=C(C)C(=O)O.C=C(C)C(=O)O.C=C(C)C(=O)O.C=C(C)C(=O)O.OC[C@@H](O)[C@H]1OC[C@H](O)[C@H]1O. The quantitative estimate of drug-likeness (QED) is 0.183. The molecule has 41 heavy (non-hydrogen) atoms. The first-order valence-electron chi connectivity index (χ1n) is 11.1. The van der Waals surface area contributed by atoms with E-state index >= 15 is 0 Å². The third-order valence-corrected chi connectivity index (χ3v) is 3.58. The zero-order valence-electron chi connectivity index (χ0n) is 23.7. The van der Waals surface area contributed by atoms with Gasteiger partial charge < -0.3 is 50.7 Å². The number of ether oxygens (including phenoxy) is 1. The van der Waals surface area contributed by atoms with Crippen LogP contribution in [0.3, 0.4) is 0 Å². The molecule has 1 heterocycles. The second-order valence-electron chi connectivity index (χ2n) is 8.03. The van der Waals surface area contributed by atoms with Crippen LogP contribution in [0.15, 0.2) is 60.8 Å². The standard InChI is InChI=1S/C6H12O5.5C4H6O2/c7-1-3(8)6-5(10)4(9)2-11-6;5*1-3(2)4(5)6/h3-10H,1-2H2;5*1H2,2H3,(H,5,6)/t3-,4+,5-,6-;;;;;/m1...../s1. The van der Waals surface area contributed by atoms with E-state index in [2.05, 4.69) is 32.9 Å². The first-order valence-corrected chi connectivity index (χ1v) is 11.1. The van der Waals surface area contributed by atoms with Crippen molar-refractivity contribution in [2.24, 2.45) is 0 Å². The van der Waals surface area contributed by atoms with Crippen LogP contribution in [0.25, 0.3) is 0 Å². The maximum absolute atomic E-state index is 9.60. The molecule has 15 heteroatoms. The lowest BCUT2D eigenvalue weighted by Crippen LogP contribution is -2.40. The number of hydrogen-bond acceptors (Lipinski definition) is 10. The van der Waals surface area contributed by atoms with Crippen molar-refractivity contribution >= 4 is 29.8 Å². The Bertz CT molecular complexity index is 734. The van der Waals surface area contributed by atoms with Gasteiger partial charge in [0, 0.05) is 27.9 Å². The van der Waals surface area contributed by atoms with Crippen LogP contribution in [0.4, 0.5) is 0 Å². The number of carboxylic acid groups (broad SMARTS) is 5. The van der Waals surface area contributed by atoms with Crippen molar-refractivity contribution in [2.45, 2.75) is 59.0 Å². The number of aliphatic carboxylic acids is 5. The van der Waals surface area contributed by atoms with E-state index in [-0.39, 0.29) is 34.5 Å². The summed E-state index contributed by atoms with van der Waals surface area (Å²) in [5, 5.41) is 75.0. The maximum Gasteiger partial charge on any atom is 0.330 e. The molecule has 0 amide bonds. The first kappa shape index (κ1) is 46.7. The number of aliphatic hydroxyl groups is 4. The summed E-state index contributed by atoms with van der Waals surface area (Å²) >= 11 is 0. The van der Waals surface area contributed by atoms with Gasteiger partial charge in [0.05, 0.1) is 13.2 Å². The number of carbonyl (C=O) groups is 5. The van der Waals surface area contributed by atoms with Crippen molar-refractivity contribution in [1.29, 1.82) is 0 Å². The van der Waals surface area contributed by atoms with Crippen molar-refractivity contribution in [2.75, 3.05) is 13.2 Å². The van der Waals surface area contributed by atoms with E-state index in [9.17, 15) is 24.0 Å². The summed E-state index contributed by atoms with van der Waals surface area (Å²) in [7, 11) is 0. The minimum Gasteiger partial charge on any atom is -0.478 e. The highest BCUT2D eigenvalue weighted by Crippen LogP contribution is 2.16. The van der Waals surface area contributed by atoms with Crippen LogP contribution < -0.4 is 0 Å². The Balaban J connectivity index is -0.000000130. The van der Waals surface area contributed by atoms with Crippen molar-refractivity contribution in [3.63, 3.8) is 0 Å². The van der Waals surface area contributed by atoms with Crippen LogP contribution >= 0.6 is 0 Å². The first-order chi connectivity index (χ1) is 18.4. The summed E-state index contributed by atoms with van der Waals surface area (Å²) in [6.45, 7) is 22.5. The normalized spacial score (nSPS) is 16.5. The second-order valence-corrected chi connectivity index (χ2v) is 8.03. The Morgan fingerprint density at radius 3 is 0.927 bits per heavy atom. The lowest BCUT2D eigenvalue weighted by molar-refractivity contribution is -0.133. The number of carboxylic acids is 5. The van der Waals surface area contributed by atoms with E-state index in [1.54, 1.807) is 0 Å². The van der Waals surface area contributed by atoms with Crippen LogP contribution in [0.1, 0.15) is 34.6 Å². The van der Waals surface area contributed by atoms with Crippen LogP contribution in [0.5, 0.6) is 0 Å². The molecule has 1 aliphatic heterocycles. The average molecular weight is 595 g/mol. The van der Waals surface area contributed by atoms with E-state index in [1.165, 1.54) is 34.6 Å². The molecule has 1 aliphatic rings. The van der Waals surface area contributed by atoms with Crippen molar-refractivity contribution in [3.05, 3.63) is 60.8 Å². The van der Waals surface area contributed by atoms with Gasteiger partial charge in [0.1, 0.15) is 24.4 Å². The predicted molar refractivity (Wildman–Crippen MR) is 147 cm³/mol. The topological polar surface area (TPSA) is 277 Å². The van der Waals surface area contributed by atoms with Gasteiger partial charge in [-0.3, -0.25) is 0 Å². The molecule has 0 radical (unpaired) electrons. The van der Waals surface area contributed by atoms with E-state index in [0.29, 0.717) is 0 Å². The third kappa shape index (κ3) is 33.8. The molecule has 1 rings (SSSR count). The molecule has 0 aliphatic carbocycles. The van der Waals surface area contributed by atoms with Gasteiger partial charge in [-0.25, -0.2) is 24.0 Å². The van der Waals surface area contributed by atoms with E-state index in [4.69, 9.17) is 50.7 Å². The summed E-state index contributed by atoms with van der Waals surface area (Å²) in [4.78, 5) is 48.0. The molecule has 0 aromatic carbocycles. The molecular weight excluding hydrogens is 552 g/mol. The highest BCUT2D eigenvalue weighted by Gasteiger charge is 2.38. The minimum atomic E-state index is -1.12. The highest BCUT2D eigenvalue weighted by atomic mass is 16.5. The highest BCUT2D eigenvalue weighted by molar-refractivity contribution is 5.86. The Kier molecular flexibility index (Phi) is 29.7. The fourth-order valence-electron chi connectivity index (χ4n) is 1.07. The molecule has 0 spiro atoms. The van der Waals surface area contributed by atoms with Crippen LogP contribution in [-0.2, 0) is 28.7 Å². The fraction of sp³-hybridized carbons (Fsp3) is 0.423. The zero-order valence-corrected chi connectivity index (χ0v) is 23.7. The molecule has 9 N–H and O–H groups in total. The molecule has 1 saturated heterocycles. The van der Waals surface area contributed by atoms with Gasteiger partial charge >= 0.3 is 29.8 Å². The van der Waals surface area contributed by atoms with Crippen LogP contribution in [-0.4, -0.2) is 113 Å². The molecular formula is C26H42O15. The maximum atomic E-state index is 9.60. The van der Waals surface area contributed by atoms with Gasteiger partial charge in [-0.15, -0.1) is 0 Å². The van der Waals surface area contributed by atoms with Gasteiger partial charge in [0.2, 0.25) is 0 Å². The summed E-state index contributed by atoms with van der Waals surface area (Å²) in [6, 6.07) is 0. The number of rotatable bonds is 7. The molecule has 0 saturated carbocycles. The lowest BCUT2D eigenvalue weighted by Gasteiger charge is -2.18. The second kappa shape index (κ2) is 26.1. The Hall–Kier alpha value is -4.15. The lowest BCUT2D eigenvalue weighted by atomic mass is 10.1. The van der Waals surface area contributed by atoms with E-state index in [0.717, 1.165) is 0 Å². The average Bonchev–Trinajstić information content (AvgIpc) is 3.18. The van der Waals surface area contributed by atoms with Crippen molar-refractivity contribution in [1.82, 2.24) is 0 Å². The molecule has 0 aromatic heterocycles. The van der Waals surface area contributed by atoms with Crippen LogP contribution in [0, 0.1) is 0 Å². The van der Waals surface area contributed by atoms with Crippen LogP contribution in [0.2, 0.25) is 0 Å². The van der Waals surface area contributed by atoms with Crippen molar-refractivity contribution in [3.8, 4) is 0 Å². The Morgan fingerprint density at radius 2 is 0.829 bits per heavy atom. The largest absolute Gasteiger partial charge is 0.478 e. The van der Waals surface area contributed by atoms with E-state index < -0.39 is 60.9 Å². The van der Waals surface area contributed by atoms with Gasteiger partial charge in [-0.2, -0.15) is 0 Å². The molecule has 0 aromatic rings. The summed E-state index contributed by atoms with van der Waals surface area (Å²) in [5.74, 6) is -4.68. The van der Waals surface area contributed by atoms with Gasteiger partial charge in [0.15, 0.2) is 0 Å². The van der Waals surface area contributed by atoms with Gasteiger partial charge in [-0.1, -0.05) is 32.9 Å². The number of aliphatic hydroxyl groups excluding tert-OH is 4. The summed E-state index contributed by atoms with van der Waals surface area (Å²) in [6.07, 6.45) is -4.05. The molecule has 4 atom stereocenters. The predicted octanol–water partition coefficient (Wildman–Crippen LogP) is 0.696. The van der Waals surface area contributed by atoms with Crippen molar-refractivity contribution < 1.29 is 74.7 Å². The zero-order chi connectivity index (χ0) is 34.2. The smallest absolute Gasteiger partial charge is 0.330 e. The summed E-state index contributed by atoms with van der Waals surface area (Å²) < 4.78 is 4.82. The molecule has 0 unspecified atom stereocenters. The fourth-order valence-corrected chi connectivity index (χ4v) is 1.07. The van der Waals surface area contributed by atoms with E-state index in [1.807, 2.05) is 0 Å². The third-order valence-electron chi connectivity index (χ3n) is 3.58. The molecule has 236 valence electrons. The summed E-state index contributed by atoms with van der Waals surface area (Å²) in [5.41, 5.74) is 0.880. The molecule has 0 bridgehead atoms. The Labute approximate surface area is 238 Å². The van der Waals surface area contributed by atoms with Gasteiger partial charge in [-0.05, 0) is 34.6 Å². The van der Waals surface area contributed by atoms with Gasteiger partial charge in [0.25, 0.3) is 0 Å². The Morgan fingerprint density at radius 1 is 0.634 bits per heavy atom. The molecule has 1 fully saturated rings. The minimum absolute atomic E-state index is 0.00287. The monoisotopic (exact) mass is 594 g/mol.